The molecule has 10 heteroatoms. The summed E-state index contributed by atoms with van der Waals surface area (Å²) in [6.07, 6.45) is 2.62. The molecule has 0 aliphatic heterocycles. The molecule has 0 spiro atoms. The Morgan fingerprint density at radius 1 is 0.382 bits per heavy atom. The fourth-order valence-electron chi connectivity index (χ4n) is 7.54. The average Bonchev–Trinajstić information content (AvgIpc) is 2.42. The van der Waals surface area contributed by atoms with Crippen molar-refractivity contribution in [2.45, 2.75) is 142 Å². The molecule has 0 bridgehead atoms. The molecule has 0 saturated heterocycles. The molecule has 0 nitrogen and oxygen atoms in total. The van der Waals surface area contributed by atoms with Gasteiger partial charge in [0.25, 0.3) is 0 Å². The van der Waals surface area contributed by atoms with Crippen LogP contribution in [0.5, 0.6) is 0 Å². The predicted octanol–water partition coefficient (Wildman–Crippen LogP) is 12.4. The Bertz CT molecular complexity index is 619. The lowest BCUT2D eigenvalue weighted by Gasteiger charge is -2.68. The Balaban J connectivity index is 8.05. The van der Waals surface area contributed by atoms with Gasteiger partial charge in [0.2, 0.25) is 9.66 Å². The van der Waals surface area contributed by atoms with Crippen molar-refractivity contribution < 1.29 is 0 Å². The van der Waals surface area contributed by atoms with Crippen molar-refractivity contribution in [1.82, 2.24) is 0 Å². The normalized spacial score (nSPS) is 16.8. The first-order chi connectivity index (χ1) is 14.2. The maximum Gasteiger partial charge on any atom is 0.216 e. The van der Waals surface area contributed by atoms with E-state index in [4.69, 9.17) is 61.2 Å². The molecule has 0 aromatic heterocycles. The van der Waals surface area contributed by atoms with E-state index in [1.807, 2.05) is 0 Å². The Kier molecular flexibility index (Phi) is 11.6. The van der Waals surface area contributed by atoms with Crippen LogP contribution >= 0.6 is 61.2 Å². The minimum atomic E-state index is -2.26. The highest BCUT2D eigenvalue weighted by Gasteiger charge is 2.79. The third kappa shape index (κ3) is 6.74. The van der Waals surface area contributed by atoms with Gasteiger partial charge in [-0.05, 0) is 32.2 Å². The van der Waals surface area contributed by atoms with E-state index >= 15 is 0 Å². The molecule has 34 heavy (non-hydrogen) atoms. The van der Waals surface area contributed by atoms with E-state index in [1.165, 1.54) is 12.8 Å². The van der Waals surface area contributed by atoms with Crippen LogP contribution in [0.3, 0.4) is 0 Å². The first-order valence-electron chi connectivity index (χ1n) is 12.9. The highest BCUT2D eigenvalue weighted by Crippen LogP contribution is 2.75. The highest BCUT2D eigenvalue weighted by atomic mass is 79.9. The summed E-state index contributed by atoms with van der Waals surface area (Å²) in [5.74, 6) is 0. The number of halogens is 4. The van der Waals surface area contributed by atoms with E-state index in [0.717, 1.165) is 0 Å². The van der Waals surface area contributed by atoms with Gasteiger partial charge in [-0.2, -0.15) is 0 Å². The van der Waals surface area contributed by atoms with Crippen LogP contribution in [-0.4, -0.2) is 42.0 Å². The minimum Gasteiger partial charge on any atom is -0.112 e. The van der Waals surface area contributed by atoms with E-state index in [1.54, 1.807) is 0 Å². The van der Waals surface area contributed by atoms with Gasteiger partial charge in [-0.15, -0.1) is 61.2 Å². The summed E-state index contributed by atoms with van der Waals surface area (Å²) < 4.78 is 0.736. The molecule has 0 unspecified atom stereocenters. The fraction of sp³-hybridized carbons (Fsp3) is 1.00. The molecule has 0 aliphatic rings. The first-order valence-corrected chi connectivity index (χ1v) is 40.9. The molecule has 0 atom stereocenters. The van der Waals surface area contributed by atoms with E-state index in [-0.39, 0.29) is 10.8 Å². The molecular weight excluding hydrogens is 776 g/mol. The maximum atomic E-state index is 4.82. The second kappa shape index (κ2) is 10.6. The number of hydrogen-bond acceptors (Lipinski definition) is 0. The van der Waals surface area contributed by atoms with E-state index < -0.39 is 42.0 Å². The zero-order valence-corrected chi connectivity index (χ0v) is 38.3. The van der Waals surface area contributed by atoms with Crippen LogP contribution < -0.4 is 0 Å². The zero-order valence-electron chi connectivity index (χ0n) is 25.9. The Hall–Kier alpha value is 3.22. The largest absolute Gasteiger partial charge is 0.216 e. The van der Waals surface area contributed by atoms with Crippen LogP contribution in [0, 0.1) is 10.8 Å². The van der Waals surface area contributed by atoms with Crippen LogP contribution in [0.15, 0.2) is 0 Å². The summed E-state index contributed by atoms with van der Waals surface area (Å²) >= 11 is 19.3. The van der Waals surface area contributed by atoms with E-state index in [9.17, 15) is 0 Å². The van der Waals surface area contributed by atoms with Gasteiger partial charge in [0.15, 0.2) is 0 Å². The lowest BCUT2D eigenvalue weighted by atomic mass is 9.93. The van der Waals surface area contributed by atoms with E-state index in [2.05, 4.69) is 120 Å². The van der Waals surface area contributed by atoms with Crippen molar-refractivity contribution >= 4 is 103 Å². The average molecular weight is 835 g/mol. The summed E-state index contributed by atoms with van der Waals surface area (Å²) in [6.45, 7) is 47.1. The van der Waals surface area contributed by atoms with Crippen LogP contribution in [0.1, 0.15) is 54.4 Å². The summed E-state index contributed by atoms with van der Waals surface area (Å²) in [4.78, 5) is -4.51. The quantitative estimate of drug-likeness (QED) is 0.160. The molecular formula is C24H58Br4Si6. The lowest BCUT2D eigenvalue weighted by Crippen LogP contribution is -2.79. The highest BCUT2D eigenvalue weighted by molar-refractivity contribution is 9.66. The minimum absolute atomic E-state index is 0.288. The molecule has 0 radical (unpaired) electrons. The van der Waals surface area contributed by atoms with Crippen molar-refractivity contribution in [3.05, 3.63) is 0 Å². The molecule has 0 aliphatic carbocycles. The third-order valence-electron chi connectivity index (χ3n) is 8.18. The lowest BCUT2D eigenvalue weighted by molar-refractivity contribution is 0.368. The van der Waals surface area contributed by atoms with Crippen molar-refractivity contribution in [3.8, 4) is 0 Å². The summed E-state index contributed by atoms with van der Waals surface area (Å²) in [7, 11) is -6.59. The molecule has 0 heterocycles. The molecule has 0 amide bonds. The molecule has 0 N–H and O–H groups in total. The van der Waals surface area contributed by atoms with Gasteiger partial charge in [-0.3, -0.25) is 0 Å². The van der Waals surface area contributed by atoms with Crippen molar-refractivity contribution in [2.75, 3.05) is 0 Å². The van der Waals surface area contributed by atoms with Crippen LogP contribution in [0.4, 0.5) is 0 Å². The number of hydrogen-bond donors (Lipinski definition) is 0. The zero-order chi connectivity index (χ0) is 28.4. The Labute approximate surface area is 252 Å². The van der Waals surface area contributed by atoms with Crippen molar-refractivity contribution in [1.29, 1.82) is 0 Å². The second-order valence-corrected chi connectivity index (χ2v) is 79.8. The Morgan fingerprint density at radius 2 is 0.529 bits per heavy atom. The molecule has 206 valence electrons. The summed E-state index contributed by atoms with van der Waals surface area (Å²) in [5.41, 5.74) is 0.575. The molecule has 0 aromatic carbocycles. The predicted molar refractivity (Wildman–Crippen MR) is 194 cm³/mol. The first kappa shape index (κ1) is 37.2. The Morgan fingerprint density at radius 3 is 0.618 bits per heavy atom. The van der Waals surface area contributed by atoms with Gasteiger partial charge in [0.05, 0.1) is 0 Å². The monoisotopic (exact) mass is 830 g/mol. The standard InChI is InChI=1S/C24H58Br4Si6/c1-21(2,3)19-23(29(7,8)9,30(10,11)12)33(25,26)34(27,28)24(31(13,14)15,32(16,17)18)20-22(4,5)6/h19-20H2,1-18H3. The molecule has 0 fully saturated rings. The SMILES string of the molecule is CC(C)(C)CC([Si](C)(C)C)([Si](C)(C)C)[Si](Br)(Br)[Si](Br)(Br)C(CC(C)(C)C)([Si](C)(C)C)[Si](C)(C)C. The van der Waals surface area contributed by atoms with Gasteiger partial charge in [-0.25, -0.2) is 0 Å². The second-order valence-electron chi connectivity index (χ2n) is 17.4. The fourth-order valence-corrected chi connectivity index (χ4v) is 141. The van der Waals surface area contributed by atoms with Crippen LogP contribution in [0.25, 0.3) is 0 Å². The van der Waals surface area contributed by atoms with Gasteiger partial charge in [-0.1, -0.05) is 120 Å². The van der Waals surface area contributed by atoms with Gasteiger partial charge < -0.3 is 0 Å². The van der Waals surface area contributed by atoms with Gasteiger partial charge in [0.1, 0.15) is 0 Å². The molecule has 0 saturated carbocycles. The molecule has 0 rings (SSSR count). The smallest absolute Gasteiger partial charge is 0.112 e. The molecule has 0 aromatic rings. The van der Waals surface area contributed by atoms with Crippen molar-refractivity contribution in [3.63, 3.8) is 0 Å². The van der Waals surface area contributed by atoms with E-state index in [0.29, 0.717) is 8.57 Å². The van der Waals surface area contributed by atoms with Crippen molar-refractivity contribution in [2.24, 2.45) is 10.8 Å². The van der Waals surface area contributed by atoms with Crippen LogP contribution in [-0.2, 0) is 0 Å². The maximum absolute atomic E-state index is 4.82. The topological polar surface area (TPSA) is 0 Å². The third-order valence-corrected chi connectivity index (χ3v) is 110. The summed E-state index contributed by atoms with van der Waals surface area (Å²) in [5, 5.41) is 0. The van der Waals surface area contributed by atoms with Crippen LogP contribution in [0.2, 0.25) is 87.1 Å². The van der Waals surface area contributed by atoms with Gasteiger partial charge >= 0.3 is 0 Å². The van der Waals surface area contributed by atoms with Gasteiger partial charge in [0, 0.05) is 32.3 Å². The summed E-state index contributed by atoms with van der Waals surface area (Å²) in [6, 6.07) is 0. The number of rotatable bonds is 9.